The molecule has 0 aliphatic carbocycles. The molecule has 34 heavy (non-hydrogen) atoms. The monoisotopic (exact) mass is 473 g/mol. The molecule has 0 atom stereocenters. The summed E-state index contributed by atoms with van der Waals surface area (Å²) >= 11 is 0. The van der Waals surface area contributed by atoms with Crippen LogP contribution in [0.25, 0.3) is 0 Å². The number of unbranched alkanes of at least 4 members (excludes halogenated alkanes) is 13. The lowest BCUT2D eigenvalue weighted by Crippen LogP contribution is -2.40. The Labute approximate surface area is 209 Å². The summed E-state index contributed by atoms with van der Waals surface area (Å²) in [4.78, 5) is 24.2. The quantitative estimate of drug-likeness (QED) is 0.186. The lowest BCUT2D eigenvalue weighted by molar-refractivity contribution is -0.119. The molecule has 2 amide bonds. The highest BCUT2D eigenvalue weighted by molar-refractivity contribution is 5.95. The standard InChI is InChI=1S/C29H51N3O2/c1-5-6-7-8-9-10-11-12-13-14-15-16-17-18-23-30-27(33)24-31-26-21-19-25(20-22-26)28(34)32-29(2,3)4/h19-22,31H,5-18,23-24H2,1-4H3,(H,30,33)(H,32,34). The Bertz CT molecular complexity index is 665. The normalized spacial score (nSPS) is 11.3. The zero-order chi connectivity index (χ0) is 25.1. The van der Waals surface area contributed by atoms with Crippen LogP contribution in [0.2, 0.25) is 0 Å². The maximum atomic E-state index is 12.2. The van der Waals surface area contributed by atoms with Crippen molar-refractivity contribution in [1.29, 1.82) is 0 Å². The van der Waals surface area contributed by atoms with Crippen molar-refractivity contribution in [3.63, 3.8) is 0 Å². The first-order valence-corrected chi connectivity index (χ1v) is 13.7. The molecule has 0 unspecified atom stereocenters. The van der Waals surface area contributed by atoms with Gasteiger partial charge in [0.25, 0.3) is 5.91 Å². The maximum Gasteiger partial charge on any atom is 0.251 e. The lowest BCUT2D eigenvalue weighted by atomic mass is 10.0. The Morgan fingerprint density at radius 2 is 1.18 bits per heavy atom. The predicted molar refractivity (Wildman–Crippen MR) is 145 cm³/mol. The van der Waals surface area contributed by atoms with Crippen molar-refractivity contribution in [1.82, 2.24) is 10.6 Å². The van der Waals surface area contributed by atoms with Crippen LogP contribution in [0.5, 0.6) is 0 Å². The Hall–Kier alpha value is -2.04. The molecular weight excluding hydrogens is 422 g/mol. The Kier molecular flexibility index (Phi) is 16.1. The second-order valence-corrected chi connectivity index (χ2v) is 10.6. The number of hydrogen-bond donors (Lipinski definition) is 3. The number of benzene rings is 1. The zero-order valence-corrected chi connectivity index (χ0v) is 22.4. The molecular formula is C29H51N3O2. The molecule has 5 heteroatoms. The minimum Gasteiger partial charge on any atom is -0.376 e. The minimum absolute atomic E-state index is 0.00393. The third kappa shape index (κ3) is 16.6. The first-order valence-electron chi connectivity index (χ1n) is 13.7. The summed E-state index contributed by atoms with van der Waals surface area (Å²) < 4.78 is 0. The van der Waals surface area contributed by atoms with Crippen LogP contribution >= 0.6 is 0 Å². The molecule has 0 aromatic heterocycles. The summed E-state index contributed by atoms with van der Waals surface area (Å²) in [7, 11) is 0. The van der Waals surface area contributed by atoms with Crippen molar-refractivity contribution >= 4 is 17.5 Å². The molecule has 5 nitrogen and oxygen atoms in total. The summed E-state index contributed by atoms with van der Waals surface area (Å²) in [6.07, 6.45) is 18.7. The largest absolute Gasteiger partial charge is 0.376 e. The topological polar surface area (TPSA) is 70.2 Å². The van der Waals surface area contributed by atoms with Gasteiger partial charge in [-0.1, -0.05) is 90.4 Å². The van der Waals surface area contributed by atoms with Crippen LogP contribution in [0.3, 0.4) is 0 Å². The fraction of sp³-hybridized carbons (Fsp3) is 0.724. The van der Waals surface area contributed by atoms with Crippen LogP contribution in [-0.4, -0.2) is 30.4 Å². The summed E-state index contributed by atoms with van der Waals surface area (Å²) in [6, 6.07) is 7.21. The van der Waals surface area contributed by atoms with Crippen LogP contribution in [0.1, 0.15) is 128 Å². The highest BCUT2D eigenvalue weighted by Gasteiger charge is 2.15. The number of carbonyl (C=O) groups excluding carboxylic acids is 2. The number of nitrogens with one attached hydrogen (secondary N) is 3. The molecule has 0 bridgehead atoms. The molecule has 3 N–H and O–H groups in total. The van der Waals surface area contributed by atoms with Crippen molar-refractivity contribution in [2.24, 2.45) is 0 Å². The van der Waals surface area contributed by atoms with E-state index in [1.54, 1.807) is 12.1 Å². The summed E-state index contributed by atoms with van der Waals surface area (Å²) in [6.45, 7) is 9.12. The van der Waals surface area contributed by atoms with Crippen molar-refractivity contribution < 1.29 is 9.59 Å². The average Bonchev–Trinajstić information content (AvgIpc) is 2.79. The Morgan fingerprint density at radius 3 is 1.65 bits per heavy atom. The molecule has 0 aliphatic heterocycles. The highest BCUT2D eigenvalue weighted by atomic mass is 16.2. The van der Waals surface area contributed by atoms with E-state index in [1.165, 1.54) is 83.5 Å². The van der Waals surface area contributed by atoms with Crippen molar-refractivity contribution in [3.8, 4) is 0 Å². The summed E-state index contributed by atoms with van der Waals surface area (Å²) in [5.74, 6) is -0.0887. The van der Waals surface area contributed by atoms with E-state index in [-0.39, 0.29) is 23.9 Å². The first kappa shape index (κ1) is 30.0. The second kappa shape index (κ2) is 18.3. The van der Waals surface area contributed by atoms with Gasteiger partial charge in [-0.2, -0.15) is 0 Å². The van der Waals surface area contributed by atoms with Gasteiger partial charge in [0.15, 0.2) is 0 Å². The summed E-state index contributed by atoms with van der Waals surface area (Å²) in [5, 5.41) is 9.05. The van der Waals surface area contributed by atoms with E-state index in [1.807, 2.05) is 32.9 Å². The van der Waals surface area contributed by atoms with Gasteiger partial charge in [0.05, 0.1) is 6.54 Å². The number of amides is 2. The third-order valence-electron chi connectivity index (χ3n) is 5.94. The number of carbonyl (C=O) groups is 2. The van der Waals surface area contributed by atoms with E-state index in [9.17, 15) is 9.59 Å². The van der Waals surface area contributed by atoms with E-state index in [0.717, 1.165) is 18.7 Å². The first-order chi connectivity index (χ1) is 16.3. The van der Waals surface area contributed by atoms with Gasteiger partial charge in [-0.05, 0) is 51.5 Å². The molecule has 0 saturated carbocycles. The van der Waals surface area contributed by atoms with Gasteiger partial charge >= 0.3 is 0 Å². The molecule has 0 radical (unpaired) electrons. The molecule has 0 saturated heterocycles. The van der Waals surface area contributed by atoms with Gasteiger partial charge in [-0.3, -0.25) is 9.59 Å². The van der Waals surface area contributed by atoms with Gasteiger partial charge < -0.3 is 16.0 Å². The van der Waals surface area contributed by atoms with Gasteiger partial charge in [0, 0.05) is 23.3 Å². The fourth-order valence-electron chi connectivity index (χ4n) is 3.94. The predicted octanol–water partition coefficient (Wildman–Crippen LogP) is 7.22. The lowest BCUT2D eigenvalue weighted by Gasteiger charge is -2.20. The number of rotatable bonds is 19. The van der Waals surface area contributed by atoms with E-state index in [0.29, 0.717) is 5.56 Å². The minimum atomic E-state index is -0.265. The second-order valence-electron chi connectivity index (χ2n) is 10.6. The fourth-order valence-corrected chi connectivity index (χ4v) is 3.94. The smallest absolute Gasteiger partial charge is 0.251 e. The van der Waals surface area contributed by atoms with Gasteiger partial charge in [0.2, 0.25) is 5.91 Å². The van der Waals surface area contributed by atoms with Crippen LogP contribution in [0.4, 0.5) is 5.69 Å². The molecule has 194 valence electrons. The van der Waals surface area contributed by atoms with Crippen LogP contribution < -0.4 is 16.0 Å². The van der Waals surface area contributed by atoms with Crippen LogP contribution in [0, 0.1) is 0 Å². The molecule has 0 heterocycles. The molecule has 0 fully saturated rings. The third-order valence-corrected chi connectivity index (χ3v) is 5.94. The average molecular weight is 474 g/mol. The SMILES string of the molecule is CCCCCCCCCCCCCCCCNC(=O)CNc1ccc(C(=O)NC(C)(C)C)cc1. The van der Waals surface area contributed by atoms with E-state index in [2.05, 4.69) is 22.9 Å². The van der Waals surface area contributed by atoms with Crippen LogP contribution in [-0.2, 0) is 4.79 Å². The highest BCUT2D eigenvalue weighted by Crippen LogP contribution is 2.13. The van der Waals surface area contributed by atoms with Gasteiger partial charge in [-0.15, -0.1) is 0 Å². The van der Waals surface area contributed by atoms with Crippen molar-refractivity contribution in [3.05, 3.63) is 29.8 Å². The van der Waals surface area contributed by atoms with Crippen LogP contribution in [0.15, 0.2) is 24.3 Å². The zero-order valence-electron chi connectivity index (χ0n) is 22.4. The molecule has 0 aliphatic rings. The number of anilines is 1. The molecule has 1 aromatic rings. The summed E-state index contributed by atoms with van der Waals surface area (Å²) in [5.41, 5.74) is 1.18. The van der Waals surface area contributed by atoms with Crippen molar-refractivity contribution in [2.45, 2.75) is 123 Å². The van der Waals surface area contributed by atoms with Gasteiger partial charge in [-0.25, -0.2) is 0 Å². The maximum absolute atomic E-state index is 12.2. The van der Waals surface area contributed by atoms with E-state index >= 15 is 0 Å². The number of hydrogen-bond acceptors (Lipinski definition) is 3. The Morgan fingerprint density at radius 1 is 0.706 bits per heavy atom. The van der Waals surface area contributed by atoms with Crippen molar-refractivity contribution in [2.75, 3.05) is 18.4 Å². The van der Waals surface area contributed by atoms with E-state index in [4.69, 9.17) is 0 Å². The molecule has 1 rings (SSSR count). The Balaban J connectivity index is 1.97. The molecule has 0 spiro atoms. The van der Waals surface area contributed by atoms with E-state index < -0.39 is 0 Å². The van der Waals surface area contributed by atoms with Gasteiger partial charge in [0.1, 0.15) is 0 Å². The molecule has 1 aromatic carbocycles.